The third-order valence-corrected chi connectivity index (χ3v) is 3.62. The summed E-state index contributed by atoms with van der Waals surface area (Å²) in [5.74, 6) is 0.742. The fraction of sp³-hybridized carbons (Fsp3) is 0.222. The molecule has 0 amide bonds. The molecular weight excluding hydrogens is 276 g/mol. The lowest BCUT2D eigenvalue weighted by Gasteiger charge is -2.10. The SMILES string of the molecule is CCOc1cc2c(=O)n(Cc3ccccc3)cnc2cc1C. The van der Waals surface area contributed by atoms with Crippen molar-refractivity contribution in [3.05, 3.63) is 70.3 Å². The van der Waals surface area contributed by atoms with Crippen LogP contribution in [0.1, 0.15) is 18.1 Å². The molecule has 22 heavy (non-hydrogen) atoms. The van der Waals surface area contributed by atoms with Gasteiger partial charge in [-0.25, -0.2) is 4.98 Å². The highest BCUT2D eigenvalue weighted by atomic mass is 16.5. The van der Waals surface area contributed by atoms with Crippen LogP contribution in [0.15, 0.2) is 53.6 Å². The Bertz CT molecular complexity index is 854. The molecule has 0 spiro atoms. The van der Waals surface area contributed by atoms with Gasteiger partial charge < -0.3 is 4.74 Å². The molecule has 0 saturated carbocycles. The molecule has 0 atom stereocenters. The van der Waals surface area contributed by atoms with Gasteiger partial charge in [0.05, 0.1) is 30.4 Å². The van der Waals surface area contributed by atoms with Crippen molar-refractivity contribution in [1.29, 1.82) is 0 Å². The summed E-state index contributed by atoms with van der Waals surface area (Å²) in [7, 11) is 0. The molecular formula is C18H18N2O2. The largest absolute Gasteiger partial charge is 0.494 e. The number of hydrogen-bond donors (Lipinski definition) is 0. The molecule has 0 aliphatic heterocycles. The summed E-state index contributed by atoms with van der Waals surface area (Å²) in [6.07, 6.45) is 1.61. The number of rotatable bonds is 4. The zero-order valence-corrected chi connectivity index (χ0v) is 12.7. The molecule has 3 aromatic rings. The molecule has 2 aromatic carbocycles. The number of hydrogen-bond acceptors (Lipinski definition) is 3. The lowest BCUT2D eigenvalue weighted by molar-refractivity contribution is 0.338. The fourth-order valence-corrected chi connectivity index (χ4v) is 2.49. The van der Waals surface area contributed by atoms with Crippen LogP contribution >= 0.6 is 0 Å². The van der Waals surface area contributed by atoms with Gasteiger partial charge in [-0.3, -0.25) is 9.36 Å². The Morgan fingerprint density at radius 2 is 1.95 bits per heavy atom. The van der Waals surface area contributed by atoms with Crippen molar-refractivity contribution in [2.45, 2.75) is 20.4 Å². The zero-order valence-electron chi connectivity index (χ0n) is 12.7. The van der Waals surface area contributed by atoms with Crippen molar-refractivity contribution in [3.63, 3.8) is 0 Å². The molecule has 0 saturated heterocycles. The van der Waals surface area contributed by atoms with E-state index in [9.17, 15) is 4.79 Å². The van der Waals surface area contributed by atoms with Gasteiger partial charge in [0.1, 0.15) is 5.75 Å². The monoisotopic (exact) mass is 294 g/mol. The Balaban J connectivity index is 2.08. The van der Waals surface area contributed by atoms with Gasteiger partial charge in [-0.15, -0.1) is 0 Å². The highest BCUT2D eigenvalue weighted by molar-refractivity contribution is 5.80. The second-order valence-electron chi connectivity index (χ2n) is 5.23. The van der Waals surface area contributed by atoms with Gasteiger partial charge >= 0.3 is 0 Å². The Morgan fingerprint density at radius 1 is 1.18 bits per heavy atom. The smallest absolute Gasteiger partial charge is 0.261 e. The van der Waals surface area contributed by atoms with E-state index < -0.39 is 0 Å². The third kappa shape index (κ3) is 2.72. The van der Waals surface area contributed by atoms with Gasteiger partial charge in [0.25, 0.3) is 5.56 Å². The second kappa shape index (κ2) is 6.02. The summed E-state index contributed by atoms with van der Waals surface area (Å²) in [6, 6.07) is 13.6. The van der Waals surface area contributed by atoms with E-state index in [0.717, 1.165) is 16.9 Å². The predicted molar refractivity (Wildman–Crippen MR) is 87.5 cm³/mol. The summed E-state index contributed by atoms with van der Waals surface area (Å²) in [5, 5.41) is 0.590. The number of fused-ring (bicyclic) bond motifs is 1. The number of benzene rings is 2. The van der Waals surface area contributed by atoms with Crippen molar-refractivity contribution in [2.75, 3.05) is 6.61 Å². The van der Waals surface area contributed by atoms with Gasteiger partial charge in [-0.2, -0.15) is 0 Å². The van der Waals surface area contributed by atoms with Crippen LogP contribution in [0.4, 0.5) is 0 Å². The van der Waals surface area contributed by atoms with Gasteiger partial charge in [0.2, 0.25) is 0 Å². The number of ether oxygens (including phenoxy) is 1. The molecule has 1 heterocycles. The van der Waals surface area contributed by atoms with E-state index in [2.05, 4.69) is 4.98 Å². The first-order valence-corrected chi connectivity index (χ1v) is 7.35. The summed E-state index contributed by atoms with van der Waals surface area (Å²) in [4.78, 5) is 17.1. The van der Waals surface area contributed by atoms with Gasteiger partial charge in [-0.05, 0) is 37.1 Å². The van der Waals surface area contributed by atoms with Crippen LogP contribution in [0, 0.1) is 6.92 Å². The van der Waals surface area contributed by atoms with Gasteiger partial charge in [-0.1, -0.05) is 30.3 Å². The lowest BCUT2D eigenvalue weighted by atomic mass is 10.1. The van der Waals surface area contributed by atoms with Crippen molar-refractivity contribution in [1.82, 2.24) is 9.55 Å². The van der Waals surface area contributed by atoms with Gasteiger partial charge in [0, 0.05) is 0 Å². The van der Waals surface area contributed by atoms with Crippen LogP contribution in [0.5, 0.6) is 5.75 Å². The normalized spacial score (nSPS) is 10.8. The summed E-state index contributed by atoms with van der Waals surface area (Å²) in [5.41, 5.74) is 2.72. The highest BCUT2D eigenvalue weighted by Crippen LogP contribution is 2.22. The molecule has 0 aliphatic carbocycles. The maximum Gasteiger partial charge on any atom is 0.261 e. The minimum Gasteiger partial charge on any atom is -0.494 e. The van der Waals surface area contributed by atoms with Gasteiger partial charge in [0.15, 0.2) is 0 Å². The van der Waals surface area contributed by atoms with Crippen LogP contribution in [-0.2, 0) is 6.54 Å². The van der Waals surface area contributed by atoms with E-state index in [-0.39, 0.29) is 5.56 Å². The average Bonchev–Trinajstić information content (AvgIpc) is 2.53. The Kier molecular flexibility index (Phi) is 3.92. The first kappa shape index (κ1) is 14.3. The van der Waals surface area contributed by atoms with E-state index in [1.54, 1.807) is 17.0 Å². The first-order valence-electron chi connectivity index (χ1n) is 7.35. The van der Waals surface area contributed by atoms with E-state index >= 15 is 0 Å². The Morgan fingerprint density at radius 3 is 2.68 bits per heavy atom. The van der Waals surface area contributed by atoms with E-state index in [1.807, 2.05) is 50.2 Å². The number of nitrogens with zero attached hydrogens (tertiary/aromatic N) is 2. The quantitative estimate of drug-likeness (QED) is 0.742. The first-order chi connectivity index (χ1) is 10.7. The molecule has 1 aromatic heterocycles. The third-order valence-electron chi connectivity index (χ3n) is 3.62. The minimum absolute atomic E-state index is 0.0465. The van der Waals surface area contributed by atoms with E-state index in [4.69, 9.17) is 4.74 Å². The summed E-state index contributed by atoms with van der Waals surface area (Å²) >= 11 is 0. The molecule has 3 rings (SSSR count). The molecule has 0 unspecified atom stereocenters. The maximum absolute atomic E-state index is 12.7. The number of aromatic nitrogens is 2. The molecule has 4 heteroatoms. The van der Waals surface area contributed by atoms with Crippen molar-refractivity contribution >= 4 is 10.9 Å². The molecule has 0 fully saturated rings. The molecule has 112 valence electrons. The minimum atomic E-state index is -0.0465. The average molecular weight is 294 g/mol. The van der Waals surface area contributed by atoms with Crippen molar-refractivity contribution in [2.24, 2.45) is 0 Å². The zero-order chi connectivity index (χ0) is 15.5. The molecule has 0 N–H and O–H groups in total. The van der Waals surface area contributed by atoms with Crippen LogP contribution in [0.2, 0.25) is 0 Å². The van der Waals surface area contributed by atoms with Crippen LogP contribution in [0.25, 0.3) is 10.9 Å². The summed E-state index contributed by atoms with van der Waals surface area (Å²) < 4.78 is 7.21. The van der Waals surface area contributed by atoms with Crippen molar-refractivity contribution in [3.8, 4) is 5.75 Å². The topological polar surface area (TPSA) is 44.1 Å². The second-order valence-corrected chi connectivity index (χ2v) is 5.23. The van der Waals surface area contributed by atoms with Crippen LogP contribution < -0.4 is 10.3 Å². The number of aryl methyl sites for hydroxylation is 1. The van der Waals surface area contributed by atoms with Crippen LogP contribution in [0.3, 0.4) is 0 Å². The molecule has 0 radical (unpaired) electrons. The maximum atomic E-state index is 12.7. The summed E-state index contributed by atoms with van der Waals surface area (Å²) in [6.45, 7) is 4.98. The standard InChI is InChI=1S/C18H18N2O2/c1-3-22-17-10-15-16(9-13(17)2)19-12-20(18(15)21)11-14-7-5-4-6-8-14/h4-10,12H,3,11H2,1-2H3. The Labute approximate surface area is 129 Å². The highest BCUT2D eigenvalue weighted by Gasteiger charge is 2.09. The van der Waals surface area contributed by atoms with E-state index in [0.29, 0.717) is 24.1 Å². The Hall–Kier alpha value is -2.62. The molecule has 4 nitrogen and oxygen atoms in total. The van der Waals surface area contributed by atoms with E-state index in [1.165, 1.54) is 0 Å². The fourth-order valence-electron chi connectivity index (χ4n) is 2.49. The predicted octanol–water partition coefficient (Wildman–Crippen LogP) is 3.15. The molecule has 0 bridgehead atoms. The lowest BCUT2D eigenvalue weighted by Crippen LogP contribution is -2.21. The molecule has 0 aliphatic rings. The van der Waals surface area contributed by atoms with Crippen molar-refractivity contribution < 1.29 is 4.74 Å². The van der Waals surface area contributed by atoms with Crippen LogP contribution in [-0.4, -0.2) is 16.2 Å².